The van der Waals surface area contributed by atoms with Gasteiger partial charge in [0.1, 0.15) is 5.82 Å². The Labute approximate surface area is 94.4 Å². The first-order valence-electron chi connectivity index (χ1n) is 5.37. The molecule has 1 N–H and O–H groups in total. The summed E-state index contributed by atoms with van der Waals surface area (Å²) < 4.78 is 0. The van der Waals surface area contributed by atoms with Crippen LogP contribution in [0, 0.1) is 0 Å². The Morgan fingerprint density at radius 3 is 3.00 bits per heavy atom. The highest BCUT2D eigenvalue weighted by atomic mass is 15.1. The van der Waals surface area contributed by atoms with Crippen LogP contribution in [0.15, 0.2) is 42.7 Å². The predicted octanol–water partition coefficient (Wildman–Crippen LogP) is 2.29. The highest BCUT2D eigenvalue weighted by molar-refractivity contribution is 5.86. The number of aromatic amines is 1. The van der Waals surface area contributed by atoms with Crippen molar-refractivity contribution in [2.24, 2.45) is 0 Å². The van der Waals surface area contributed by atoms with Crippen molar-refractivity contribution in [1.29, 1.82) is 0 Å². The van der Waals surface area contributed by atoms with Crippen LogP contribution in [0.2, 0.25) is 0 Å². The fraction of sp³-hybridized carbons (Fsp3) is 0.154. The lowest BCUT2D eigenvalue weighted by Crippen LogP contribution is -2.22. The minimum Gasteiger partial charge on any atom is -0.370 e. The number of H-pyrrole nitrogens is 1. The Hall–Kier alpha value is -2.03. The fourth-order valence-corrected chi connectivity index (χ4v) is 2.11. The maximum atomic E-state index is 4.32. The number of nitrogens with zero attached hydrogens (tertiary/aromatic N) is 2. The topological polar surface area (TPSA) is 31.9 Å². The van der Waals surface area contributed by atoms with Gasteiger partial charge in [-0.25, -0.2) is 4.98 Å². The minimum atomic E-state index is 0.924. The molecule has 1 aliphatic rings. The average molecular weight is 211 g/mol. The van der Waals surface area contributed by atoms with Crippen LogP contribution in [0.1, 0.15) is 11.4 Å². The van der Waals surface area contributed by atoms with E-state index in [1.165, 1.54) is 16.8 Å². The molecule has 0 atom stereocenters. The Bertz CT molecular complexity index is 526. The second-order valence-electron chi connectivity index (χ2n) is 3.95. The number of rotatable bonds is 1. The molecule has 1 aromatic heterocycles. The molecule has 80 valence electrons. The largest absolute Gasteiger partial charge is 0.370 e. The molecule has 1 aromatic carbocycles. The summed E-state index contributed by atoms with van der Waals surface area (Å²) in [4.78, 5) is 9.72. The lowest BCUT2D eigenvalue weighted by Gasteiger charge is -2.26. The van der Waals surface area contributed by atoms with Crippen molar-refractivity contribution in [1.82, 2.24) is 9.97 Å². The zero-order valence-electron chi connectivity index (χ0n) is 9.14. The Morgan fingerprint density at radius 1 is 1.31 bits per heavy atom. The third-order valence-electron chi connectivity index (χ3n) is 2.93. The molecule has 0 amide bonds. The van der Waals surface area contributed by atoms with Gasteiger partial charge >= 0.3 is 0 Å². The van der Waals surface area contributed by atoms with Crippen LogP contribution >= 0.6 is 0 Å². The molecule has 3 nitrogen and oxygen atoms in total. The van der Waals surface area contributed by atoms with E-state index >= 15 is 0 Å². The second kappa shape index (κ2) is 3.52. The van der Waals surface area contributed by atoms with Crippen molar-refractivity contribution in [2.45, 2.75) is 0 Å². The molecule has 3 heteroatoms. The minimum absolute atomic E-state index is 0.924. The summed E-state index contributed by atoms with van der Waals surface area (Å²) in [6.45, 7) is 0.924. The Kier molecular flexibility index (Phi) is 2.03. The van der Waals surface area contributed by atoms with Gasteiger partial charge < -0.3 is 9.88 Å². The summed E-state index contributed by atoms with van der Waals surface area (Å²) in [5.74, 6) is 0.945. The second-order valence-corrected chi connectivity index (χ2v) is 3.95. The number of benzene rings is 1. The average Bonchev–Trinajstić information content (AvgIpc) is 2.83. The van der Waals surface area contributed by atoms with E-state index in [0.717, 1.165) is 12.4 Å². The van der Waals surface area contributed by atoms with Crippen molar-refractivity contribution in [3.63, 3.8) is 0 Å². The molecule has 0 radical (unpaired) electrons. The molecule has 0 aliphatic carbocycles. The van der Waals surface area contributed by atoms with Gasteiger partial charge in [0.2, 0.25) is 0 Å². The molecule has 0 bridgehead atoms. The van der Waals surface area contributed by atoms with Gasteiger partial charge in [-0.2, -0.15) is 0 Å². The van der Waals surface area contributed by atoms with E-state index in [4.69, 9.17) is 0 Å². The number of imidazole rings is 1. The van der Waals surface area contributed by atoms with E-state index in [-0.39, 0.29) is 0 Å². The van der Waals surface area contributed by atoms with Crippen molar-refractivity contribution in [3.05, 3.63) is 54.1 Å². The number of nitrogens with one attached hydrogen (secondary N) is 1. The third kappa shape index (κ3) is 1.33. The van der Waals surface area contributed by atoms with E-state index in [9.17, 15) is 0 Å². The van der Waals surface area contributed by atoms with E-state index in [0.29, 0.717) is 0 Å². The van der Waals surface area contributed by atoms with Crippen molar-refractivity contribution in [2.75, 3.05) is 18.5 Å². The normalized spacial score (nSPS) is 14.6. The zero-order chi connectivity index (χ0) is 11.0. The number of anilines is 1. The number of aromatic nitrogens is 2. The summed E-state index contributed by atoms with van der Waals surface area (Å²) in [6, 6.07) is 8.42. The van der Waals surface area contributed by atoms with Gasteiger partial charge in [0, 0.05) is 42.8 Å². The summed E-state index contributed by atoms with van der Waals surface area (Å²) in [6.07, 6.45) is 5.86. The maximum absolute atomic E-state index is 4.32. The summed E-state index contributed by atoms with van der Waals surface area (Å²) in [5, 5.41) is 0. The monoisotopic (exact) mass is 211 g/mol. The van der Waals surface area contributed by atoms with Crippen LogP contribution in [0.25, 0.3) is 5.57 Å². The standard InChI is InChI=1S/C13H13N3/c1-16-9-6-11(13-14-7-8-15-13)10-4-2-3-5-12(10)16/h2-8H,9H2,1H3,(H,14,15). The molecular formula is C13H13N3. The van der Waals surface area contributed by atoms with E-state index in [1.807, 2.05) is 6.20 Å². The third-order valence-corrected chi connectivity index (χ3v) is 2.93. The molecule has 1 aliphatic heterocycles. The molecule has 0 saturated heterocycles. The van der Waals surface area contributed by atoms with E-state index < -0.39 is 0 Å². The molecule has 0 spiro atoms. The van der Waals surface area contributed by atoms with Crippen molar-refractivity contribution < 1.29 is 0 Å². The Morgan fingerprint density at radius 2 is 2.19 bits per heavy atom. The number of likely N-dealkylation sites (N-methyl/N-ethyl adjacent to an activating group) is 1. The highest BCUT2D eigenvalue weighted by Gasteiger charge is 2.17. The molecule has 0 unspecified atom stereocenters. The molecule has 16 heavy (non-hydrogen) atoms. The van der Waals surface area contributed by atoms with Crippen LogP contribution in [0.3, 0.4) is 0 Å². The maximum Gasteiger partial charge on any atom is 0.137 e. The first-order valence-corrected chi connectivity index (χ1v) is 5.37. The highest BCUT2D eigenvalue weighted by Crippen LogP contribution is 2.32. The van der Waals surface area contributed by atoms with E-state index in [1.54, 1.807) is 6.20 Å². The zero-order valence-corrected chi connectivity index (χ0v) is 9.14. The summed E-state index contributed by atoms with van der Waals surface area (Å²) in [7, 11) is 2.11. The fourth-order valence-electron chi connectivity index (χ4n) is 2.11. The van der Waals surface area contributed by atoms with Gasteiger partial charge in [0.15, 0.2) is 0 Å². The van der Waals surface area contributed by atoms with Gasteiger partial charge in [-0.1, -0.05) is 24.3 Å². The molecule has 0 fully saturated rings. The lowest BCUT2D eigenvalue weighted by atomic mass is 9.99. The SMILES string of the molecule is CN1CC=C(c2ncc[nH]2)c2ccccc21. The molecular weight excluding hydrogens is 198 g/mol. The summed E-state index contributed by atoms with van der Waals surface area (Å²) in [5.41, 5.74) is 3.70. The first kappa shape index (κ1) is 9.21. The van der Waals surface area contributed by atoms with E-state index in [2.05, 4.69) is 52.3 Å². The molecule has 3 rings (SSSR count). The number of hydrogen-bond donors (Lipinski definition) is 1. The van der Waals surface area contributed by atoms with Gasteiger partial charge in [0.05, 0.1) is 0 Å². The van der Waals surface area contributed by atoms with Crippen LogP contribution in [0.5, 0.6) is 0 Å². The lowest BCUT2D eigenvalue weighted by molar-refractivity contribution is 1.01. The quantitative estimate of drug-likeness (QED) is 0.784. The van der Waals surface area contributed by atoms with Gasteiger partial charge in [-0.15, -0.1) is 0 Å². The number of hydrogen-bond acceptors (Lipinski definition) is 2. The summed E-state index contributed by atoms with van der Waals surface area (Å²) >= 11 is 0. The van der Waals surface area contributed by atoms with Crippen LogP contribution in [-0.2, 0) is 0 Å². The van der Waals surface area contributed by atoms with Crippen LogP contribution in [0.4, 0.5) is 5.69 Å². The Balaban J connectivity index is 2.16. The molecule has 2 aromatic rings. The van der Waals surface area contributed by atoms with Gasteiger partial charge in [-0.05, 0) is 6.07 Å². The van der Waals surface area contributed by atoms with Crippen molar-refractivity contribution >= 4 is 11.3 Å². The number of para-hydroxylation sites is 1. The van der Waals surface area contributed by atoms with Gasteiger partial charge in [0.25, 0.3) is 0 Å². The van der Waals surface area contributed by atoms with Gasteiger partial charge in [-0.3, -0.25) is 0 Å². The predicted molar refractivity (Wildman–Crippen MR) is 65.4 cm³/mol. The number of fused-ring (bicyclic) bond motifs is 1. The molecule has 0 saturated carbocycles. The van der Waals surface area contributed by atoms with Crippen LogP contribution in [-0.4, -0.2) is 23.6 Å². The van der Waals surface area contributed by atoms with Crippen LogP contribution < -0.4 is 4.90 Å². The molecule has 2 heterocycles. The van der Waals surface area contributed by atoms with Crippen molar-refractivity contribution in [3.8, 4) is 0 Å². The first-order chi connectivity index (χ1) is 7.86. The smallest absolute Gasteiger partial charge is 0.137 e.